The second kappa shape index (κ2) is 6.08. The van der Waals surface area contributed by atoms with Crippen molar-refractivity contribution in [3.63, 3.8) is 0 Å². The minimum atomic E-state index is 0.259. The number of benzene rings is 1. The molecule has 0 unspecified atom stereocenters. The Bertz CT molecular complexity index is 638. The molecule has 1 atom stereocenters. The van der Waals surface area contributed by atoms with Crippen LogP contribution in [0.15, 0.2) is 24.7 Å². The molecule has 0 aliphatic carbocycles. The number of fused-ring (bicyclic) bond motifs is 1. The van der Waals surface area contributed by atoms with Crippen LogP contribution in [0.5, 0.6) is 5.75 Å². The topological polar surface area (TPSA) is 39.1 Å². The number of hydrogen-bond acceptors (Lipinski definition) is 3. The zero-order chi connectivity index (χ0) is 14.8. The Labute approximate surface area is 130 Å². The first kappa shape index (κ1) is 14.4. The first-order valence-corrected chi connectivity index (χ1v) is 7.64. The van der Waals surface area contributed by atoms with Gasteiger partial charge in [0, 0.05) is 31.4 Å². The lowest BCUT2D eigenvalue weighted by atomic mass is 10.00. The van der Waals surface area contributed by atoms with E-state index in [1.165, 1.54) is 11.3 Å². The molecular formula is C16H20ClN3O. The van der Waals surface area contributed by atoms with Crippen molar-refractivity contribution in [3.05, 3.63) is 46.5 Å². The predicted octanol–water partition coefficient (Wildman–Crippen LogP) is 3.39. The molecule has 0 radical (unpaired) electrons. The number of ether oxygens (including phenoxy) is 1. The van der Waals surface area contributed by atoms with E-state index in [4.69, 9.17) is 16.3 Å². The fourth-order valence-corrected chi connectivity index (χ4v) is 3.11. The lowest BCUT2D eigenvalue weighted by Gasteiger charge is -2.20. The summed E-state index contributed by atoms with van der Waals surface area (Å²) in [7, 11) is 2.01. The average molecular weight is 306 g/mol. The third kappa shape index (κ3) is 3.06. The summed E-state index contributed by atoms with van der Waals surface area (Å²) in [5, 5.41) is 4.32. The van der Waals surface area contributed by atoms with Crippen LogP contribution in [0.25, 0.3) is 0 Å². The smallest absolute Gasteiger partial charge is 0.142 e. The van der Waals surface area contributed by atoms with Crippen molar-refractivity contribution in [1.82, 2.24) is 14.9 Å². The summed E-state index contributed by atoms with van der Waals surface area (Å²) in [6, 6.07) is 4.40. The largest absolute Gasteiger partial charge is 0.492 e. The lowest BCUT2D eigenvalue weighted by Crippen LogP contribution is -2.22. The van der Waals surface area contributed by atoms with E-state index in [1.807, 2.05) is 30.2 Å². The molecule has 2 heterocycles. The fraction of sp³-hybridized carbons (Fsp3) is 0.438. The van der Waals surface area contributed by atoms with Crippen molar-refractivity contribution in [2.75, 3.05) is 6.61 Å². The van der Waals surface area contributed by atoms with Gasteiger partial charge in [0.05, 0.1) is 23.7 Å². The van der Waals surface area contributed by atoms with Crippen molar-refractivity contribution in [2.24, 2.45) is 7.05 Å². The number of halogens is 1. The molecule has 3 rings (SSSR count). The quantitative estimate of drug-likeness (QED) is 0.945. The Balaban J connectivity index is 1.84. The third-order valence-corrected chi connectivity index (χ3v) is 4.20. The molecule has 21 heavy (non-hydrogen) atoms. The zero-order valence-electron chi connectivity index (χ0n) is 12.4. The fourth-order valence-electron chi connectivity index (χ4n) is 2.78. The molecule has 1 aliphatic heterocycles. The first-order chi connectivity index (χ1) is 10.1. The number of imidazole rings is 1. The second-order valence-corrected chi connectivity index (χ2v) is 5.99. The van der Waals surface area contributed by atoms with Gasteiger partial charge in [0.25, 0.3) is 0 Å². The molecule has 4 nitrogen and oxygen atoms in total. The summed E-state index contributed by atoms with van der Waals surface area (Å²) in [4.78, 5) is 4.15. The van der Waals surface area contributed by atoms with Gasteiger partial charge in [-0.05, 0) is 31.4 Å². The predicted molar refractivity (Wildman–Crippen MR) is 83.7 cm³/mol. The van der Waals surface area contributed by atoms with Crippen molar-refractivity contribution in [3.8, 4) is 5.75 Å². The van der Waals surface area contributed by atoms with E-state index in [0.29, 0.717) is 5.02 Å². The maximum Gasteiger partial charge on any atom is 0.142 e. The highest BCUT2D eigenvalue weighted by Gasteiger charge is 2.22. The van der Waals surface area contributed by atoms with E-state index in [0.717, 1.165) is 37.3 Å². The lowest BCUT2D eigenvalue weighted by molar-refractivity contribution is 0.315. The molecule has 1 aliphatic rings. The van der Waals surface area contributed by atoms with Gasteiger partial charge < -0.3 is 14.6 Å². The number of aromatic nitrogens is 2. The summed E-state index contributed by atoms with van der Waals surface area (Å²) in [6.45, 7) is 3.57. The van der Waals surface area contributed by atoms with Gasteiger partial charge >= 0.3 is 0 Å². The van der Waals surface area contributed by atoms with E-state index in [2.05, 4.69) is 23.3 Å². The number of rotatable bonds is 3. The molecule has 0 saturated carbocycles. The highest BCUT2D eigenvalue weighted by Crippen LogP contribution is 2.38. The van der Waals surface area contributed by atoms with E-state index >= 15 is 0 Å². The van der Waals surface area contributed by atoms with Crippen molar-refractivity contribution in [1.29, 1.82) is 0 Å². The van der Waals surface area contributed by atoms with Crippen molar-refractivity contribution >= 4 is 11.6 Å². The standard InChI is InChI=1S/C16H20ClN3O/c1-11-6-13-15(19-9-12-8-18-10-20(12)2)4-3-5-21-16(13)14(17)7-11/h6-8,10,15,19H,3-5,9H2,1-2H3/t15-/m0/s1. The van der Waals surface area contributed by atoms with Gasteiger partial charge in [-0.3, -0.25) is 0 Å². The summed E-state index contributed by atoms with van der Waals surface area (Å²) in [6.07, 6.45) is 5.78. The highest BCUT2D eigenvalue weighted by atomic mass is 35.5. The van der Waals surface area contributed by atoms with Crippen molar-refractivity contribution < 1.29 is 4.74 Å². The molecule has 0 fully saturated rings. The molecule has 0 amide bonds. The van der Waals surface area contributed by atoms with Gasteiger partial charge in [0.1, 0.15) is 5.75 Å². The number of nitrogens with one attached hydrogen (secondary N) is 1. The minimum Gasteiger partial charge on any atom is -0.492 e. The number of nitrogens with zero attached hydrogens (tertiary/aromatic N) is 2. The van der Waals surface area contributed by atoms with Gasteiger partial charge in [-0.15, -0.1) is 0 Å². The van der Waals surface area contributed by atoms with E-state index in [1.54, 1.807) is 0 Å². The van der Waals surface area contributed by atoms with Crippen LogP contribution in [-0.2, 0) is 13.6 Å². The maximum atomic E-state index is 6.34. The molecule has 2 aromatic rings. The maximum absolute atomic E-state index is 6.34. The molecule has 1 N–H and O–H groups in total. The summed E-state index contributed by atoms with van der Waals surface area (Å²) < 4.78 is 7.87. The van der Waals surface area contributed by atoms with E-state index < -0.39 is 0 Å². The summed E-state index contributed by atoms with van der Waals surface area (Å²) in [5.41, 5.74) is 3.50. The molecule has 1 aromatic heterocycles. The molecule has 5 heteroatoms. The van der Waals surface area contributed by atoms with Crippen LogP contribution in [0.1, 0.15) is 35.7 Å². The number of hydrogen-bond donors (Lipinski definition) is 1. The molecule has 112 valence electrons. The SMILES string of the molecule is Cc1cc(Cl)c2c(c1)[C@@H](NCc1cncn1C)CCCO2. The third-order valence-electron chi connectivity index (χ3n) is 3.92. The number of aryl methyl sites for hydroxylation is 2. The van der Waals surface area contributed by atoms with Crippen LogP contribution in [0.2, 0.25) is 5.02 Å². The van der Waals surface area contributed by atoms with Crippen LogP contribution in [0.3, 0.4) is 0 Å². The summed E-state index contributed by atoms with van der Waals surface area (Å²) in [5.74, 6) is 0.835. The Morgan fingerprint density at radius 3 is 3.10 bits per heavy atom. The molecule has 1 aromatic carbocycles. The van der Waals surface area contributed by atoms with Gasteiger partial charge in [0.15, 0.2) is 0 Å². The Hall–Kier alpha value is -1.52. The van der Waals surface area contributed by atoms with Gasteiger partial charge in [0.2, 0.25) is 0 Å². The Morgan fingerprint density at radius 1 is 1.48 bits per heavy atom. The monoisotopic (exact) mass is 305 g/mol. The van der Waals surface area contributed by atoms with Crippen LogP contribution < -0.4 is 10.1 Å². The molecule has 0 bridgehead atoms. The Morgan fingerprint density at radius 2 is 2.33 bits per heavy atom. The first-order valence-electron chi connectivity index (χ1n) is 7.26. The van der Waals surface area contributed by atoms with E-state index in [-0.39, 0.29) is 6.04 Å². The second-order valence-electron chi connectivity index (χ2n) is 5.59. The van der Waals surface area contributed by atoms with Crippen LogP contribution in [0.4, 0.5) is 0 Å². The zero-order valence-corrected chi connectivity index (χ0v) is 13.2. The van der Waals surface area contributed by atoms with Gasteiger partial charge in [-0.25, -0.2) is 4.98 Å². The van der Waals surface area contributed by atoms with E-state index in [9.17, 15) is 0 Å². The molecule has 0 spiro atoms. The van der Waals surface area contributed by atoms with Gasteiger partial charge in [-0.2, -0.15) is 0 Å². The highest BCUT2D eigenvalue weighted by molar-refractivity contribution is 6.32. The molecular weight excluding hydrogens is 286 g/mol. The van der Waals surface area contributed by atoms with Crippen LogP contribution in [0, 0.1) is 6.92 Å². The Kier molecular flexibility index (Phi) is 4.17. The van der Waals surface area contributed by atoms with Gasteiger partial charge in [-0.1, -0.05) is 17.7 Å². The van der Waals surface area contributed by atoms with Crippen molar-refractivity contribution in [2.45, 2.75) is 32.4 Å². The minimum absolute atomic E-state index is 0.259. The molecule has 0 saturated heterocycles. The van der Waals surface area contributed by atoms with Crippen LogP contribution in [-0.4, -0.2) is 16.2 Å². The van der Waals surface area contributed by atoms with Crippen LogP contribution >= 0.6 is 11.6 Å². The summed E-state index contributed by atoms with van der Waals surface area (Å²) >= 11 is 6.34. The normalized spacial score (nSPS) is 18.0. The average Bonchev–Trinajstić information content (AvgIpc) is 2.73.